The van der Waals surface area contributed by atoms with Crippen molar-refractivity contribution in [3.05, 3.63) is 29.9 Å². The third kappa shape index (κ3) is 3.89. The van der Waals surface area contributed by atoms with E-state index in [9.17, 15) is 0 Å². The summed E-state index contributed by atoms with van der Waals surface area (Å²) in [5.74, 6) is 0.952. The van der Waals surface area contributed by atoms with Crippen LogP contribution in [0.3, 0.4) is 0 Å². The summed E-state index contributed by atoms with van der Waals surface area (Å²) in [6, 6.07) is -0.367. The van der Waals surface area contributed by atoms with Crippen LogP contribution in [-0.4, -0.2) is 26.7 Å². The first-order valence-electron chi connectivity index (χ1n) is 7.09. The van der Waals surface area contributed by atoms with Gasteiger partial charge in [0.15, 0.2) is 0 Å². The zero-order chi connectivity index (χ0) is 15.5. The molecule has 7 heteroatoms. The first-order valence-corrected chi connectivity index (χ1v) is 7.09. The molecule has 0 spiro atoms. The number of H-pyrrole nitrogens is 1. The van der Waals surface area contributed by atoms with E-state index in [2.05, 4.69) is 40.9 Å². The highest BCUT2D eigenvalue weighted by Gasteiger charge is 2.31. The number of nitrogens with one attached hydrogen (secondary N) is 1. The van der Waals surface area contributed by atoms with Gasteiger partial charge < -0.3 is 20.0 Å². The summed E-state index contributed by atoms with van der Waals surface area (Å²) < 4.78 is 11.0. The van der Waals surface area contributed by atoms with Gasteiger partial charge in [0.2, 0.25) is 11.7 Å². The van der Waals surface area contributed by atoms with Crippen molar-refractivity contribution in [1.82, 2.24) is 20.1 Å². The van der Waals surface area contributed by atoms with Crippen molar-refractivity contribution in [3.8, 4) is 0 Å². The van der Waals surface area contributed by atoms with Crippen LogP contribution in [0.1, 0.15) is 57.2 Å². The molecule has 0 saturated heterocycles. The number of nitrogens with zero attached hydrogens (tertiary/aromatic N) is 3. The lowest BCUT2D eigenvalue weighted by molar-refractivity contribution is -0.0203. The lowest BCUT2D eigenvalue weighted by Crippen LogP contribution is -2.23. The van der Waals surface area contributed by atoms with Gasteiger partial charge >= 0.3 is 0 Å². The van der Waals surface area contributed by atoms with Crippen LogP contribution in [0.25, 0.3) is 0 Å². The minimum Gasteiger partial charge on any atom is -0.370 e. The van der Waals surface area contributed by atoms with Crippen LogP contribution in [0.2, 0.25) is 0 Å². The quantitative estimate of drug-likeness (QED) is 0.846. The fraction of sp³-hybridized carbons (Fsp3) is 0.643. The normalized spacial score (nSPS) is 15.1. The molecule has 116 valence electrons. The van der Waals surface area contributed by atoms with E-state index in [0.717, 1.165) is 5.69 Å². The number of imidazole rings is 1. The highest BCUT2D eigenvalue weighted by atomic mass is 16.5. The summed E-state index contributed by atoms with van der Waals surface area (Å²) in [5, 5.41) is 4.04. The molecule has 2 rings (SSSR count). The maximum Gasteiger partial charge on any atom is 0.244 e. The van der Waals surface area contributed by atoms with Gasteiger partial charge in [0.25, 0.3) is 0 Å². The molecule has 3 N–H and O–H groups in total. The van der Waals surface area contributed by atoms with E-state index in [1.165, 1.54) is 0 Å². The molecule has 0 bridgehead atoms. The van der Waals surface area contributed by atoms with E-state index in [-0.39, 0.29) is 17.6 Å². The van der Waals surface area contributed by atoms with Gasteiger partial charge in [0.05, 0.1) is 12.4 Å². The fourth-order valence-corrected chi connectivity index (χ4v) is 2.10. The van der Waals surface area contributed by atoms with E-state index in [1.54, 1.807) is 12.5 Å². The Bertz CT molecular complexity index is 544. The lowest BCUT2D eigenvalue weighted by atomic mass is 9.88. The van der Waals surface area contributed by atoms with Gasteiger partial charge in [-0.2, -0.15) is 4.98 Å². The van der Waals surface area contributed by atoms with Gasteiger partial charge in [-0.3, -0.25) is 0 Å². The zero-order valence-corrected chi connectivity index (χ0v) is 13.0. The van der Waals surface area contributed by atoms with Crippen molar-refractivity contribution < 1.29 is 9.26 Å². The molecule has 2 heterocycles. The number of hydrogen-bond acceptors (Lipinski definition) is 6. The van der Waals surface area contributed by atoms with Crippen LogP contribution in [-0.2, 0) is 11.2 Å². The minimum absolute atomic E-state index is 0.120. The maximum atomic E-state index is 6.10. The van der Waals surface area contributed by atoms with E-state index in [1.807, 2.05) is 6.92 Å². The van der Waals surface area contributed by atoms with Gasteiger partial charge in [-0.15, -0.1) is 0 Å². The van der Waals surface area contributed by atoms with Crippen molar-refractivity contribution in [2.45, 2.75) is 46.3 Å². The van der Waals surface area contributed by atoms with Crippen molar-refractivity contribution in [1.29, 1.82) is 0 Å². The molecule has 2 aromatic rings. The highest BCUT2D eigenvalue weighted by Crippen LogP contribution is 2.34. The Kier molecular flexibility index (Phi) is 4.74. The summed E-state index contributed by atoms with van der Waals surface area (Å²) in [5.41, 5.74) is 6.91. The SMILES string of the molecule is CCOC(c1noc([C@@H](N)Cc2cnc[nH]2)n1)C(C)(C)C. The van der Waals surface area contributed by atoms with Gasteiger partial charge in [-0.25, -0.2) is 4.98 Å². The first kappa shape index (κ1) is 15.7. The molecule has 21 heavy (non-hydrogen) atoms. The molecule has 0 aliphatic rings. The molecule has 0 aromatic carbocycles. The van der Waals surface area contributed by atoms with Crippen LogP contribution in [0.4, 0.5) is 0 Å². The lowest BCUT2D eigenvalue weighted by Gasteiger charge is -2.27. The van der Waals surface area contributed by atoms with Crippen molar-refractivity contribution >= 4 is 0 Å². The average Bonchev–Trinajstić information content (AvgIpc) is 3.05. The molecule has 0 aliphatic heterocycles. The Balaban J connectivity index is 2.12. The van der Waals surface area contributed by atoms with Crippen LogP contribution >= 0.6 is 0 Å². The zero-order valence-electron chi connectivity index (χ0n) is 13.0. The second kappa shape index (κ2) is 6.36. The van der Waals surface area contributed by atoms with Crippen LogP contribution in [0.15, 0.2) is 17.0 Å². The second-order valence-electron chi connectivity index (χ2n) is 6.08. The summed E-state index contributed by atoms with van der Waals surface area (Å²) in [7, 11) is 0. The number of ether oxygens (including phenoxy) is 1. The third-order valence-corrected chi connectivity index (χ3v) is 3.12. The second-order valence-corrected chi connectivity index (χ2v) is 6.08. The van der Waals surface area contributed by atoms with E-state index < -0.39 is 0 Å². The fourth-order valence-electron chi connectivity index (χ4n) is 2.10. The average molecular weight is 293 g/mol. The van der Waals surface area contributed by atoms with Crippen LogP contribution in [0, 0.1) is 5.41 Å². The molecule has 7 nitrogen and oxygen atoms in total. The smallest absolute Gasteiger partial charge is 0.244 e. The monoisotopic (exact) mass is 293 g/mol. The standard InChI is InChI=1S/C14H23N5O2/c1-5-20-11(14(2,3)4)12-18-13(21-19-12)10(15)6-9-7-16-8-17-9/h7-8,10-11H,5-6,15H2,1-4H3,(H,16,17)/t10-,11?/m0/s1. The van der Waals surface area contributed by atoms with Gasteiger partial charge in [0, 0.05) is 24.9 Å². The van der Waals surface area contributed by atoms with Crippen molar-refractivity contribution in [2.75, 3.05) is 6.61 Å². The Morgan fingerprint density at radius 3 is 2.76 bits per heavy atom. The predicted molar refractivity (Wildman–Crippen MR) is 77.3 cm³/mol. The predicted octanol–water partition coefficient (Wildman–Crippen LogP) is 2.16. The molecule has 0 aliphatic carbocycles. The van der Waals surface area contributed by atoms with Gasteiger partial charge in [-0.1, -0.05) is 25.9 Å². The summed E-state index contributed by atoms with van der Waals surface area (Å²) >= 11 is 0. The molecular weight excluding hydrogens is 270 g/mol. The van der Waals surface area contributed by atoms with E-state index in [4.69, 9.17) is 15.0 Å². The summed E-state index contributed by atoms with van der Waals surface area (Å²) in [4.78, 5) is 11.4. The van der Waals surface area contributed by atoms with Gasteiger partial charge in [-0.05, 0) is 12.3 Å². The molecule has 0 fully saturated rings. The summed E-state index contributed by atoms with van der Waals surface area (Å²) in [6.07, 6.45) is 3.69. The third-order valence-electron chi connectivity index (χ3n) is 3.12. The number of aromatic nitrogens is 4. The topological polar surface area (TPSA) is 103 Å². The molecule has 2 aromatic heterocycles. The largest absolute Gasteiger partial charge is 0.370 e. The van der Waals surface area contributed by atoms with E-state index in [0.29, 0.717) is 24.7 Å². The number of rotatable bonds is 6. The van der Waals surface area contributed by atoms with Crippen LogP contribution < -0.4 is 5.73 Å². The van der Waals surface area contributed by atoms with Crippen LogP contribution in [0.5, 0.6) is 0 Å². The van der Waals surface area contributed by atoms with Crippen molar-refractivity contribution in [3.63, 3.8) is 0 Å². The maximum absolute atomic E-state index is 6.10. The number of hydrogen-bond donors (Lipinski definition) is 2. The molecule has 1 unspecified atom stereocenters. The molecule has 2 atom stereocenters. The van der Waals surface area contributed by atoms with E-state index >= 15 is 0 Å². The molecule has 0 radical (unpaired) electrons. The molecule has 0 amide bonds. The minimum atomic E-state index is -0.367. The molecule has 0 saturated carbocycles. The Hall–Kier alpha value is -1.73. The van der Waals surface area contributed by atoms with Crippen molar-refractivity contribution in [2.24, 2.45) is 11.1 Å². The highest BCUT2D eigenvalue weighted by molar-refractivity contribution is 5.04. The molecular formula is C14H23N5O2. The Labute approximate surface area is 124 Å². The summed E-state index contributed by atoms with van der Waals surface area (Å²) in [6.45, 7) is 8.77. The Morgan fingerprint density at radius 2 is 2.19 bits per heavy atom. The number of aromatic amines is 1. The Morgan fingerprint density at radius 1 is 1.43 bits per heavy atom. The number of nitrogens with two attached hydrogens (primary N) is 1. The first-order chi connectivity index (χ1) is 9.91. The van der Waals surface area contributed by atoms with Gasteiger partial charge in [0.1, 0.15) is 6.10 Å².